The first kappa shape index (κ1) is 41.2. The van der Waals surface area contributed by atoms with Gasteiger partial charge in [-0.05, 0) is 68.9 Å². The van der Waals surface area contributed by atoms with Crippen molar-refractivity contribution in [1.82, 2.24) is 16.0 Å². The van der Waals surface area contributed by atoms with E-state index in [9.17, 15) is 40.2 Å². The average molecular weight is 685 g/mol. The molecule has 0 spiro atoms. The molecule has 11 N–H and O–H groups in total. The van der Waals surface area contributed by atoms with Gasteiger partial charge in [-0.25, -0.2) is 9.59 Å². The summed E-state index contributed by atoms with van der Waals surface area (Å²) in [5.41, 5.74) is 3.23. The lowest BCUT2D eigenvalue weighted by Gasteiger charge is -2.48. The molecule has 2 fully saturated rings. The van der Waals surface area contributed by atoms with Crippen LogP contribution in [-0.4, -0.2) is 153 Å². The molecule has 2 amide bonds. The lowest BCUT2D eigenvalue weighted by Crippen LogP contribution is -2.69. The lowest BCUT2D eigenvalue weighted by molar-refractivity contribution is -0.324. The number of nitrogens with two attached hydrogens (primary N) is 1. The van der Waals surface area contributed by atoms with Gasteiger partial charge in [-0.1, -0.05) is 0 Å². The van der Waals surface area contributed by atoms with Crippen LogP contribution in [-0.2, 0) is 28.4 Å². The Morgan fingerprint density at radius 2 is 1.57 bits per heavy atom. The number of hydrogen-bond donors (Lipinski definition) is 10. The Morgan fingerprint density at radius 1 is 1.00 bits per heavy atom. The molecule has 47 heavy (non-hydrogen) atoms. The van der Waals surface area contributed by atoms with Crippen LogP contribution in [0.25, 0.3) is 0 Å². The summed E-state index contributed by atoms with van der Waals surface area (Å²) in [4.78, 5) is 24.9. The van der Waals surface area contributed by atoms with Crippen LogP contribution in [0.1, 0.15) is 61.8 Å². The highest BCUT2D eigenvalue weighted by Gasteiger charge is 2.51. The van der Waals surface area contributed by atoms with Gasteiger partial charge in [0.25, 0.3) is 0 Å². The van der Waals surface area contributed by atoms with Crippen LogP contribution in [0.5, 0.6) is 0 Å². The number of carbonyl (C=O) groups is 2. The zero-order chi connectivity index (χ0) is 36.1. The second kappa shape index (κ2) is 16.6. The highest BCUT2D eigenvalue weighted by molar-refractivity contribution is 5.68. The van der Waals surface area contributed by atoms with Crippen molar-refractivity contribution >= 4 is 12.2 Å². The fourth-order valence-corrected chi connectivity index (χ4v) is 5.25. The molecule has 0 radical (unpaired) electrons. The predicted octanol–water partition coefficient (Wildman–Crippen LogP) is -2.27. The second-order valence-corrected chi connectivity index (χ2v) is 14.2. The number of amides is 2. The molecule has 0 aromatic heterocycles. The maximum atomic E-state index is 12.8. The maximum Gasteiger partial charge on any atom is 0.407 e. The first-order valence-corrected chi connectivity index (χ1v) is 15.6. The number of hydrogen-bond acceptors (Lipinski definition) is 16. The summed E-state index contributed by atoms with van der Waals surface area (Å²) < 4.78 is 33.5. The van der Waals surface area contributed by atoms with E-state index >= 15 is 0 Å². The quantitative estimate of drug-likeness (QED) is 0.0970. The van der Waals surface area contributed by atoms with Crippen molar-refractivity contribution in [3.8, 4) is 0 Å². The smallest absolute Gasteiger partial charge is 0.407 e. The van der Waals surface area contributed by atoms with Gasteiger partial charge in [-0.2, -0.15) is 0 Å². The summed E-state index contributed by atoms with van der Waals surface area (Å²) in [7, 11) is 1.53. The van der Waals surface area contributed by atoms with E-state index in [4.69, 9.17) is 34.2 Å². The van der Waals surface area contributed by atoms with E-state index in [2.05, 4.69) is 16.0 Å². The van der Waals surface area contributed by atoms with Crippen LogP contribution < -0.4 is 21.7 Å². The van der Waals surface area contributed by atoms with Crippen molar-refractivity contribution in [2.45, 2.75) is 152 Å². The van der Waals surface area contributed by atoms with Crippen molar-refractivity contribution in [1.29, 1.82) is 0 Å². The Labute approximate surface area is 275 Å². The average Bonchev–Trinajstić information content (AvgIpc) is 2.88. The van der Waals surface area contributed by atoms with E-state index in [0.717, 1.165) is 0 Å². The van der Waals surface area contributed by atoms with Gasteiger partial charge in [0.1, 0.15) is 47.3 Å². The molecule has 1 aliphatic heterocycles. The molecular formula is C29H56N4O14. The van der Waals surface area contributed by atoms with Crippen molar-refractivity contribution < 1.29 is 68.6 Å². The fourth-order valence-electron chi connectivity index (χ4n) is 5.25. The molecule has 1 saturated carbocycles. The first-order valence-electron chi connectivity index (χ1n) is 15.6. The van der Waals surface area contributed by atoms with Crippen LogP contribution in [0, 0.1) is 0 Å². The van der Waals surface area contributed by atoms with E-state index in [1.807, 2.05) is 0 Å². The minimum atomic E-state index is -2.34. The van der Waals surface area contributed by atoms with E-state index in [1.54, 1.807) is 41.5 Å². The molecule has 2 rings (SSSR count). The SMILES string of the molecule is CNC1C(O)C(OC2C(N)CC(NC(=O)OC(C)(C)C)C(OC(OC(CNC(=O)OC(C)(C)C)C(C)O)C(O)O)C2O)OCC1(C)O. The fraction of sp³-hybridized carbons (Fsp3) is 0.931. The highest BCUT2D eigenvalue weighted by Crippen LogP contribution is 2.31. The summed E-state index contributed by atoms with van der Waals surface area (Å²) in [5.74, 6) is 0. The number of aliphatic hydroxyl groups is 6. The number of aliphatic hydroxyl groups excluding tert-OH is 4. The van der Waals surface area contributed by atoms with Gasteiger partial charge in [0, 0.05) is 12.6 Å². The molecule has 1 aliphatic carbocycles. The Balaban J connectivity index is 2.33. The molecular weight excluding hydrogens is 628 g/mol. The standard InChI is InChI=1S/C29H56N4O14/c1-13(34)16(11-32-25(39)46-27(2,3)4)43-24(22(37)38)45-20-15(33-26(40)47-28(5,6)7)10-14(30)19(17(20)35)44-23-18(36)21(31-9)29(8,41)12-42-23/h13-24,31,34-38,41H,10-12,30H2,1-9H3,(H,32,39)(H,33,40). The largest absolute Gasteiger partial charge is 0.444 e. The Kier molecular flexibility index (Phi) is 14.6. The van der Waals surface area contributed by atoms with Crippen molar-refractivity contribution in [2.24, 2.45) is 5.73 Å². The maximum absolute atomic E-state index is 12.8. The van der Waals surface area contributed by atoms with Crippen molar-refractivity contribution in [2.75, 3.05) is 20.2 Å². The minimum absolute atomic E-state index is 0.101. The number of rotatable bonds is 12. The monoisotopic (exact) mass is 684 g/mol. The van der Waals surface area contributed by atoms with E-state index in [1.165, 1.54) is 20.9 Å². The van der Waals surface area contributed by atoms with E-state index < -0.39 is 103 Å². The summed E-state index contributed by atoms with van der Waals surface area (Å²) >= 11 is 0. The van der Waals surface area contributed by atoms with Gasteiger partial charge in [0.05, 0.1) is 24.8 Å². The number of alkyl carbamates (subject to hydrolysis) is 2. The number of carbonyl (C=O) groups excluding carboxylic acids is 2. The van der Waals surface area contributed by atoms with Crippen LogP contribution in [0.15, 0.2) is 0 Å². The van der Waals surface area contributed by atoms with E-state index in [0.29, 0.717) is 0 Å². The zero-order valence-electron chi connectivity index (χ0n) is 28.6. The van der Waals surface area contributed by atoms with Crippen molar-refractivity contribution in [3.05, 3.63) is 0 Å². The van der Waals surface area contributed by atoms with Gasteiger partial charge in [0.15, 0.2) is 6.29 Å². The number of ether oxygens (including phenoxy) is 6. The van der Waals surface area contributed by atoms with Crippen LogP contribution in [0.4, 0.5) is 9.59 Å². The Bertz CT molecular complexity index is 1000. The first-order chi connectivity index (χ1) is 21.5. The summed E-state index contributed by atoms with van der Waals surface area (Å²) in [6.45, 7) is 12.1. The number of nitrogens with one attached hydrogen (secondary N) is 3. The predicted molar refractivity (Wildman–Crippen MR) is 164 cm³/mol. The van der Waals surface area contributed by atoms with E-state index in [-0.39, 0.29) is 19.6 Å². The third kappa shape index (κ3) is 12.5. The topological polar surface area (TPSA) is 273 Å². The molecule has 12 unspecified atom stereocenters. The lowest BCUT2D eigenvalue weighted by atomic mass is 9.83. The molecule has 18 nitrogen and oxygen atoms in total. The summed E-state index contributed by atoms with van der Waals surface area (Å²) in [6, 6.07) is -2.97. The minimum Gasteiger partial charge on any atom is -0.444 e. The third-order valence-electron chi connectivity index (χ3n) is 7.38. The molecule has 12 atom stereocenters. The van der Waals surface area contributed by atoms with Crippen molar-refractivity contribution in [3.63, 3.8) is 0 Å². The molecule has 276 valence electrons. The van der Waals surface area contributed by atoms with Gasteiger partial charge in [-0.3, -0.25) is 0 Å². The number of likely N-dealkylation sites (N-methyl/N-ethyl adjacent to an activating group) is 1. The van der Waals surface area contributed by atoms with Gasteiger partial charge in [-0.15, -0.1) is 0 Å². The van der Waals surface area contributed by atoms with Gasteiger partial charge >= 0.3 is 12.2 Å². The zero-order valence-corrected chi connectivity index (χ0v) is 28.6. The molecule has 0 aromatic carbocycles. The Morgan fingerprint density at radius 3 is 2.09 bits per heavy atom. The normalized spacial score (nSPS) is 33.9. The summed E-state index contributed by atoms with van der Waals surface area (Å²) in [5, 5.41) is 71.6. The highest BCUT2D eigenvalue weighted by atomic mass is 16.7. The molecule has 2 aliphatic rings. The molecule has 0 aromatic rings. The second-order valence-electron chi connectivity index (χ2n) is 14.2. The molecule has 1 saturated heterocycles. The Hall–Kier alpha value is -1.94. The van der Waals surface area contributed by atoms with Crippen LogP contribution >= 0.6 is 0 Å². The van der Waals surface area contributed by atoms with Crippen LogP contribution in [0.3, 0.4) is 0 Å². The molecule has 18 heteroatoms. The summed E-state index contributed by atoms with van der Waals surface area (Å²) in [6.07, 6.45) is -15.9. The van der Waals surface area contributed by atoms with Gasteiger partial charge < -0.3 is 80.7 Å². The molecule has 1 heterocycles. The van der Waals surface area contributed by atoms with Gasteiger partial charge in [0.2, 0.25) is 12.6 Å². The third-order valence-corrected chi connectivity index (χ3v) is 7.38. The van der Waals surface area contributed by atoms with Crippen LogP contribution in [0.2, 0.25) is 0 Å². The molecule has 0 bridgehead atoms.